The van der Waals surface area contributed by atoms with Crippen LogP contribution in [0.5, 0.6) is 0 Å². The van der Waals surface area contributed by atoms with E-state index in [2.05, 4.69) is 83.8 Å². The van der Waals surface area contributed by atoms with Crippen LogP contribution in [0.1, 0.15) is 0 Å². The van der Waals surface area contributed by atoms with Crippen molar-refractivity contribution in [3.05, 3.63) is 146 Å². The van der Waals surface area contributed by atoms with Gasteiger partial charge < -0.3 is 4.42 Å². The van der Waals surface area contributed by atoms with Crippen LogP contribution < -0.4 is 0 Å². The van der Waals surface area contributed by atoms with Gasteiger partial charge in [0.15, 0.2) is 17.5 Å². The van der Waals surface area contributed by atoms with Crippen molar-refractivity contribution in [3.8, 4) is 67.5 Å². The fraction of sp³-hybridized carbons (Fsp3) is 0. The Morgan fingerprint density at radius 2 is 1.04 bits per heavy atom. The summed E-state index contributed by atoms with van der Waals surface area (Å²) < 4.78 is 6.15. The zero-order valence-corrected chi connectivity index (χ0v) is 25.1. The first-order chi connectivity index (χ1) is 23.3. The van der Waals surface area contributed by atoms with Crippen molar-refractivity contribution in [2.75, 3.05) is 0 Å². The standard InChI is InChI=1S/C42H24N4O/c1-2-8-26(9-3-1)40-44-41(27-18-16-25(17-19-27)30-12-7-15-37-39(30)33-11-4-5-14-36(33)47-37)46-42(45-40)28-20-21-31-34(22-28)32-13-6-10-29-23-43-24-35(31)38(29)32/h1-24H. The van der Waals surface area contributed by atoms with Crippen LogP contribution in [0.4, 0.5) is 0 Å². The lowest BCUT2D eigenvalue weighted by Gasteiger charge is -2.11. The van der Waals surface area contributed by atoms with Gasteiger partial charge in [0, 0.05) is 56.2 Å². The van der Waals surface area contributed by atoms with Crippen LogP contribution in [-0.2, 0) is 0 Å². The molecular formula is C42H24N4O. The molecule has 6 aromatic carbocycles. The van der Waals surface area contributed by atoms with Gasteiger partial charge in [0.1, 0.15) is 11.2 Å². The summed E-state index contributed by atoms with van der Waals surface area (Å²) in [6, 6.07) is 45.9. The van der Waals surface area contributed by atoms with E-state index >= 15 is 0 Å². The van der Waals surface area contributed by atoms with Gasteiger partial charge in [0.05, 0.1) is 0 Å². The highest BCUT2D eigenvalue weighted by atomic mass is 16.3. The average molecular weight is 601 g/mol. The van der Waals surface area contributed by atoms with E-state index in [1.165, 1.54) is 27.6 Å². The number of pyridine rings is 1. The van der Waals surface area contributed by atoms with Crippen LogP contribution in [0.15, 0.2) is 150 Å². The Morgan fingerprint density at radius 1 is 0.383 bits per heavy atom. The van der Waals surface area contributed by atoms with Crippen LogP contribution >= 0.6 is 0 Å². The van der Waals surface area contributed by atoms with Crippen molar-refractivity contribution >= 4 is 32.7 Å². The van der Waals surface area contributed by atoms with Crippen LogP contribution in [0.3, 0.4) is 0 Å². The number of nitrogens with zero attached hydrogens (tertiary/aromatic N) is 4. The van der Waals surface area contributed by atoms with Gasteiger partial charge in [-0.2, -0.15) is 0 Å². The van der Waals surface area contributed by atoms with Gasteiger partial charge in [-0.25, -0.2) is 15.0 Å². The van der Waals surface area contributed by atoms with E-state index < -0.39 is 0 Å². The van der Waals surface area contributed by atoms with Crippen molar-refractivity contribution in [2.24, 2.45) is 0 Å². The summed E-state index contributed by atoms with van der Waals surface area (Å²) in [5.74, 6) is 1.90. The van der Waals surface area contributed by atoms with E-state index in [4.69, 9.17) is 19.4 Å². The molecule has 1 aliphatic carbocycles. The summed E-state index contributed by atoms with van der Waals surface area (Å²) in [5, 5.41) is 4.62. The Kier molecular flexibility index (Phi) is 5.51. The number of para-hydroxylation sites is 1. The van der Waals surface area contributed by atoms with Crippen LogP contribution in [0.2, 0.25) is 0 Å². The fourth-order valence-electron chi connectivity index (χ4n) is 6.97. The molecule has 0 fully saturated rings. The number of hydrogen-bond acceptors (Lipinski definition) is 5. The molecule has 3 heterocycles. The molecular weight excluding hydrogens is 576 g/mol. The highest BCUT2D eigenvalue weighted by molar-refractivity contribution is 6.15. The highest BCUT2D eigenvalue weighted by Gasteiger charge is 2.23. The molecule has 5 heteroatoms. The molecule has 0 amide bonds. The topological polar surface area (TPSA) is 64.7 Å². The zero-order chi connectivity index (χ0) is 30.9. The molecule has 0 saturated carbocycles. The summed E-state index contributed by atoms with van der Waals surface area (Å²) in [4.78, 5) is 19.5. The Labute approximate surface area is 269 Å². The fourth-order valence-corrected chi connectivity index (χ4v) is 6.97. The Morgan fingerprint density at radius 3 is 1.89 bits per heavy atom. The first-order valence-corrected chi connectivity index (χ1v) is 15.6. The Balaban J connectivity index is 1.10. The quantitative estimate of drug-likeness (QED) is 0.201. The van der Waals surface area contributed by atoms with Gasteiger partial charge in [0.25, 0.3) is 0 Å². The highest BCUT2D eigenvalue weighted by Crippen LogP contribution is 2.47. The summed E-state index contributed by atoms with van der Waals surface area (Å²) in [5.41, 5.74) is 11.5. The van der Waals surface area contributed by atoms with Gasteiger partial charge >= 0.3 is 0 Å². The molecule has 0 N–H and O–H groups in total. The molecule has 3 aromatic heterocycles. The van der Waals surface area contributed by atoms with Gasteiger partial charge in [-0.3, -0.25) is 4.98 Å². The lowest BCUT2D eigenvalue weighted by Crippen LogP contribution is -2.00. The third-order valence-corrected chi connectivity index (χ3v) is 9.17. The summed E-state index contributed by atoms with van der Waals surface area (Å²) >= 11 is 0. The van der Waals surface area contributed by atoms with Crippen molar-refractivity contribution in [1.29, 1.82) is 0 Å². The molecule has 5 nitrogen and oxygen atoms in total. The second-order valence-corrected chi connectivity index (χ2v) is 11.9. The molecule has 218 valence electrons. The maximum atomic E-state index is 6.15. The first kappa shape index (κ1) is 25.8. The summed E-state index contributed by atoms with van der Waals surface area (Å²) in [6.07, 6.45) is 3.90. The average Bonchev–Trinajstić information content (AvgIpc) is 3.69. The summed E-state index contributed by atoms with van der Waals surface area (Å²) in [7, 11) is 0. The largest absolute Gasteiger partial charge is 0.456 e. The van der Waals surface area contributed by atoms with Gasteiger partial charge in [-0.1, -0.05) is 115 Å². The van der Waals surface area contributed by atoms with E-state index in [0.29, 0.717) is 17.5 Å². The minimum absolute atomic E-state index is 0.627. The predicted octanol–water partition coefficient (Wildman–Crippen LogP) is 10.6. The molecule has 9 aromatic rings. The molecule has 47 heavy (non-hydrogen) atoms. The van der Waals surface area contributed by atoms with E-state index in [9.17, 15) is 0 Å². The van der Waals surface area contributed by atoms with Crippen molar-refractivity contribution in [2.45, 2.75) is 0 Å². The number of furan rings is 1. The summed E-state index contributed by atoms with van der Waals surface area (Å²) in [6.45, 7) is 0. The molecule has 0 bridgehead atoms. The van der Waals surface area contributed by atoms with E-state index in [1.54, 1.807) is 0 Å². The van der Waals surface area contributed by atoms with Crippen molar-refractivity contribution in [3.63, 3.8) is 0 Å². The van der Waals surface area contributed by atoms with E-state index in [-0.39, 0.29) is 0 Å². The molecule has 0 unspecified atom stereocenters. The molecule has 0 atom stereocenters. The minimum atomic E-state index is 0.627. The normalized spacial score (nSPS) is 11.8. The van der Waals surface area contributed by atoms with Crippen LogP contribution in [-0.4, -0.2) is 19.9 Å². The van der Waals surface area contributed by atoms with Crippen LogP contribution in [0.25, 0.3) is 100 Å². The Bertz CT molecular complexity index is 2670. The van der Waals surface area contributed by atoms with E-state index in [0.717, 1.165) is 55.1 Å². The van der Waals surface area contributed by atoms with E-state index in [1.807, 2.05) is 67.0 Å². The smallest absolute Gasteiger partial charge is 0.164 e. The molecule has 10 rings (SSSR count). The lowest BCUT2D eigenvalue weighted by atomic mass is 9.98. The predicted molar refractivity (Wildman–Crippen MR) is 189 cm³/mol. The third kappa shape index (κ3) is 4.03. The number of aromatic nitrogens is 4. The van der Waals surface area contributed by atoms with Crippen LogP contribution in [0, 0.1) is 0 Å². The van der Waals surface area contributed by atoms with Crippen molar-refractivity contribution in [1.82, 2.24) is 19.9 Å². The third-order valence-electron chi connectivity index (χ3n) is 9.17. The molecule has 0 saturated heterocycles. The molecule has 0 aliphatic heterocycles. The Hall–Kier alpha value is -6.46. The SMILES string of the molecule is c1ccc(-c2nc(-c3ccc(-c4cccc5oc6ccccc6c45)cc3)nc(-c3ccc4c(c3)-c3cccc5cncc-4c35)n2)cc1. The molecule has 0 spiro atoms. The number of hydrogen-bond donors (Lipinski definition) is 0. The maximum absolute atomic E-state index is 6.15. The first-order valence-electron chi connectivity index (χ1n) is 15.6. The minimum Gasteiger partial charge on any atom is -0.456 e. The monoisotopic (exact) mass is 600 g/mol. The zero-order valence-electron chi connectivity index (χ0n) is 25.1. The lowest BCUT2D eigenvalue weighted by molar-refractivity contribution is 0.669. The van der Waals surface area contributed by atoms with Crippen molar-refractivity contribution < 1.29 is 4.42 Å². The number of benzene rings is 6. The number of rotatable bonds is 4. The second-order valence-electron chi connectivity index (χ2n) is 11.9. The second kappa shape index (κ2) is 10.0. The molecule has 1 aliphatic rings. The van der Waals surface area contributed by atoms with Gasteiger partial charge in [-0.15, -0.1) is 0 Å². The number of fused-ring (bicyclic) bond motifs is 6. The van der Waals surface area contributed by atoms with Gasteiger partial charge in [0.2, 0.25) is 0 Å². The molecule has 0 radical (unpaired) electrons. The van der Waals surface area contributed by atoms with Gasteiger partial charge in [-0.05, 0) is 46.0 Å². The maximum Gasteiger partial charge on any atom is 0.164 e.